The van der Waals surface area contributed by atoms with Gasteiger partial charge in [-0.2, -0.15) is 0 Å². The molecule has 0 amide bonds. The molecule has 1 aromatic carbocycles. The van der Waals surface area contributed by atoms with Crippen molar-refractivity contribution in [3.8, 4) is 5.75 Å². The minimum absolute atomic E-state index is 0.214. The summed E-state index contributed by atoms with van der Waals surface area (Å²) < 4.78 is 5.23. The number of hydrogen-bond acceptors (Lipinski definition) is 3. The molecular weight excluding hydrogens is 250 g/mol. The minimum Gasteiger partial charge on any atom is -0.495 e. The number of carbonyl (C=O) groups excluding carboxylic acids is 1. The van der Waals surface area contributed by atoms with Crippen molar-refractivity contribution < 1.29 is 9.53 Å². The van der Waals surface area contributed by atoms with Gasteiger partial charge in [-0.15, -0.1) is 0 Å². The van der Waals surface area contributed by atoms with Crippen LogP contribution in [0.5, 0.6) is 5.75 Å². The minimum atomic E-state index is -0.649. The highest BCUT2D eigenvalue weighted by Crippen LogP contribution is 2.40. The number of ether oxygens (including phenoxy) is 1. The Balaban J connectivity index is 2.53. The van der Waals surface area contributed by atoms with E-state index in [0.717, 1.165) is 24.8 Å². The van der Waals surface area contributed by atoms with Crippen molar-refractivity contribution in [2.24, 2.45) is 0 Å². The molecule has 0 heterocycles. The maximum atomic E-state index is 12.3. The summed E-state index contributed by atoms with van der Waals surface area (Å²) in [6, 6.07) is 5.59. The molecule has 4 heteroatoms. The number of benzene rings is 1. The van der Waals surface area contributed by atoms with E-state index in [0.29, 0.717) is 17.2 Å². The Morgan fingerprint density at radius 1 is 1.39 bits per heavy atom. The topological polar surface area (TPSA) is 38.3 Å². The second-order valence-electron chi connectivity index (χ2n) is 4.61. The van der Waals surface area contributed by atoms with Gasteiger partial charge in [-0.1, -0.05) is 30.2 Å². The molecule has 1 aliphatic carbocycles. The Bertz CT molecular complexity index is 461. The molecule has 1 atom stereocenters. The van der Waals surface area contributed by atoms with Crippen LogP contribution in [-0.4, -0.2) is 19.9 Å². The van der Waals surface area contributed by atoms with Gasteiger partial charge in [-0.3, -0.25) is 4.79 Å². The largest absolute Gasteiger partial charge is 0.495 e. The highest BCUT2D eigenvalue weighted by molar-refractivity contribution is 6.33. The molecule has 18 heavy (non-hydrogen) atoms. The van der Waals surface area contributed by atoms with Gasteiger partial charge < -0.3 is 10.1 Å². The van der Waals surface area contributed by atoms with Crippen LogP contribution in [-0.2, 0) is 10.3 Å². The molecule has 0 saturated heterocycles. The molecule has 1 aliphatic rings. The third-order valence-corrected chi connectivity index (χ3v) is 4.14. The number of methoxy groups -OCH3 is 1. The summed E-state index contributed by atoms with van der Waals surface area (Å²) >= 11 is 6.36. The SMILES string of the molecule is CNC1(c2cccc(OC)c2Cl)CCCCC1=O. The molecule has 1 saturated carbocycles. The zero-order valence-corrected chi connectivity index (χ0v) is 11.5. The first-order chi connectivity index (χ1) is 8.65. The van der Waals surface area contributed by atoms with E-state index in [9.17, 15) is 4.79 Å². The standard InChI is InChI=1S/C14H18ClNO2/c1-16-14(9-4-3-8-12(14)17)10-6-5-7-11(18-2)13(10)15/h5-7,16H,3-4,8-9H2,1-2H3. The molecule has 0 aliphatic heterocycles. The number of rotatable bonds is 3. The van der Waals surface area contributed by atoms with Crippen molar-refractivity contribution in [2.75, 3.05) is 14.2 Å². The molecule has 0 spiro atoms. The van der Waals surface area contributed by atoms with Crippen LogP contribution in [0.2, 0.25) is 5.02 Å². The normalized spacial score (nSPS) is 24.1. The van der Waals surface area contributed by atoms with Crippen LogP contribution in [0.15, 0.2) is 18.2 Å². The molecule has 2 rings (SSSR count). The number of ketones is 1. The first kappa shape index (κ1) is 13.4. The molecule has 0 radical (unpaired) electrons. The maximum Gasteiger partial charge on any atom is 0.157 e. The molecule has 3 nitrogen and oxygen atoms in total. The molecule has 1 fully saturated rings. The van der Waals surface area contributed by atoms with E-state index in [1.54, 1.807) is 7.11 Å². The van der Waals surface area contributed by atoms with Crippen LogP contribution in [0.3, 0.4) is 0 Å². The summed E-state index contributed by atoms with van der Waals surface area (Å²) in [5.74, 6) is 0.827. The smallest absolute Gasteiger partial charge is 0.157 e. The van der Waals surface area contributed by atoms with E-state index in [2.05, 4.69) is 5.32 Å². The van der Waals surface area contributed by atoms with Crippen molar-refractivity contribution in [3.63, 3.8) is 0 Å². The molecule has 1 aromatic rings. The second kappa shape index (κ2) is 5.29. The number of nitrogens with one attached hydrogen (secondary N) is 1. The number of halogens is 1. The van der Waals surface area contributed by atoms with Crippen molar-refractivity contribution in [2.45, 2.75) is 31.2 Å². The molecule has 0 aromatic heterocycles. The van der Waals surface area contributed by atoms with E-state index >= 15 is 0 Å². The monoisotopic (exact) mass is 267 g/mol. The van der Waals surface area contributed by atoms with Crippen LogP contribution in [0.1, 0.15) is 31.2 Å². The van der Waals surface area contributed by atoms with Crippen molar-refractivity contribution in [1.29, 1.82) is 0 Å². The molecule has 0 bridgehead atoms. The fourth-order valence-corrected chi connectivity index (χ4v) is 3.07. The van der Waals surface area contributed by atoms with E-state index in [1.165, 1.54) is 0 Å². The highest BCUT2D eigenvalue weighted by atomic mass is 35.5. The Morgan fingerprint density at radius 3 is 2.78 bits per heavy atom. The van der Waals surface area contributed by atoms with E-state index in [1.807, 2.05) is 25.2 Å². The van der Waals surface area contributed by atoms with Crippen molar-refractivity contribution in [1.82, 2.24) is 5.32 Å². The summed E-state index contributed by atoms with van der Waals surface area (Å²) in [7, 11) is 3.40. The summed E-state index contributed by atoms with van der Waals surface area (Å²) in [6.07, 6.45) is 3.38. The molecule has 1 unspecified atom stereocenters. The zero-order chi connectivity index (χ0) is 13.2. The molecule has 98 valence electrons. The van der Waals surface area contributed by atoms with Crippen LogP contribution >= 0.6 is 11.6 Å². The van der Waals surface area contributed by atoms with Gasteiger partial charge >= 0.3 is 0 Å². The average Bonchev–Trinajstić information content (AvgIpc) is 2.40. The molecule has 1 N–H and O–H groups in total. The van der Waals surface area contributed by atoms with Gasteiger partial charge in [0, 0.05) is 12.0 Å². The van der Waals surface area contributed by atoms with Gasteiger partial charge in [-0.05, 0) is 26.0 Å². The summed E-state index contributed by atoms with van der Waals surface area (Å²) in [5.41, 5.74) is 0.180. The van der Waals surface area contributed by atoms with E-state index < -0.39 is 5.54 Å². The lowest BCUT2D eigenvalue weighted by Crippen LogP contribution is -2.49. The Hall–Kier alpha value is -1.06. The first-order valence-corrected chi connectivity index (χ1v) is 6.58. The van der Waals surface area contributed by atoms with Gasteiger partial charge in [0.1, 0.15) is 11.3 Å². The second-order valence-corrected chi connectivity index (χ2v) is 4.99. The zero-order valence-electron chi connectivity index (χ0n) is 10.8. The average molecular weight is 268 g/mol. The van der Waals surface area contributed by atoms with Gasteiger partial charge in [0.15, 0.2) is 5.78 Å². The summed E-state index contributed by atoms with van der Waals surface area (Å²) in [4.78, 5) is 12.3. The number of likely N-dealkylation sites (N-methyl/N-ethyl adjacent to an activating group) is 1. The Kier molecular flexibility index (Phi) is 3.93. The van der Waals surface area contributed by atoms with Crippen LogP contribution < -0.4 is 10.1 Å². The quantitative estimate of drug-likeness (QED) is 0.915. The lowest BCUT2D eigenvalue weighted by molar-refractivity contribution is -0.127. The van der Waals surface area contributed by atoms with Gasteiger partial charge in [-0.25, -0.2) is 0 Å². The Morgan fingerprint density at radius 2 is 2.17 bits per heavy atom. The summed E-state index contributed by atoms with van der Waals surface area (Å²) in [5, 5.41) is 3.72. The number of hydrogen-bond donors (Lipinski definition) is 1. The molecular formula is C14H18ClNO2. The van der Waals surface area contributed by atoms with E-state index in [4.69, 9.17) is 16.3 Å². The third kappa shape index (κ3) is 2.02. The van der Waals surface area contributed by atoms with E-state index in [-0.39, 0.29) is 5.78 Å². The fraction of sp³-hybridized carbons (Fsp3) is 0.500. The lowest BCUT2D eigenvalue weighted by atomic mass is 9.75. The first-order valence-electron chi connectivity index (χ1n) is 6.21. The van der Waals surface area contributed by atoms with Crippen LogP contribution in [0.25, 0.3) is 0 Å². The van der Waals surface area contributed by atoms with Gasteiger partial charge in [0.2, 0.25) is 0 Å². The van der Waals surface area contributed by atoms with Crippen molar-refractivity contribution in [3.05, 3.63) is 28.8 Å². The van der Waals surface area contributed by atoms with Crippen molar-refractivity contribution >= 4 is 17.4 Å². The van der Waals surface area contributed by atoms with Crippen LogP contribution in [0.4, 0.5) is 0 Å². The lowest BCUT2D eigenvalue weighted by Gasteiger charge is -2.36. The predicted octanol–water partition coefficient (Wildman–Crippen LogP) is 2.91. The Labute approximate surface area is 112 Å². The summed E-state index contributed by atoms with van der Waals surface area (Å²) in [6.45, 7) is 0. The fourth-order valence-electron chi connectivity index (χ4n) is 2.71. The highest BCUT2D eigenvalue weighted by Gasteiger charge is 2.41. The maximum absolute atomic E-state index is 12.3. The number of Topliss-reactive ketones (excluding diaryl/α,β-unsaturated/α-hetero) is 1. The van der Waals surface area contributed by atoms with Gasteiger partial charge in [0.05, 0.1) is 12.1 Å². The van der Waals surface area contributed by atoms with Crippen LogP contribution in [0, 0.1) is 0 Å². The number of carbonyl (C=O) groups is 1. The third-order valence-electron chi connectivity index (χ3n) is 3.75. The van der Waals surface area contributed by atoms with Gasteiger partial charge in [0.25, 0.3) is 0 Å². The predicted molar refractivity (Wildman–Crippen MR) is 72.2 cm³/mol.